The van der Waals surface area contributed by atoms with Crippen LogP contribution >= 0.6 is 0 Å². The highest BCUT2D eigenvalue weighted by atomic mass is 16.4. The van der Waals surface area contributed by atoms with Gasteiger partial charge >= 0.3 is 5.97 Å². The highest BCUT2D eigenvalue weighted by Gasteiger charge is 2.29. The van der Waals surface area contributed by atoms with E-state index in [1.165, 1.54) is 0 Å². The Bertz CT molecular complexity index is 517. The number of benzene rings is 1. The van der Waals surface area contributed by atoms with Crippen LogP contribution in [0.15, 0.2) is 24.3 Å². The lowest BCUT2D eigenvalue weighted by atomic mass is 9.85. The normalized spacial score (nSPS) is 16.5. The third-order valence-electron chi connectivity index (χ3n) is 4.12. The van der Waals surface area contributed by atoms with E-state index < -0.39 is 11.4 Å². The molecule has 0 spiro atoms. The van der Waals surface area contributed by atoms with Crippen LogP contribution in [-0.2, 0) is 15.0 Å². The van der Waals surface area contributed by atoms with Gasteiger partial charge in [0.05, 0.1) is 5.41 Å². The van der Waals surface area contributed by atoms with Crippen LogP contribution in [0.2, 0.25) is 0 Å². The van der Waals surface area contributed by atoms with Gasteiger partial charge in [0.15, 0.2) is 0 Å². The first kappa shape index (κ1) is 15.5. The molecule has 1 aromatic rings. The molecule has 0 aliphatic carbocycles. The summed E-state index contributed by atoms with van der Waals surface area (Å²) in [6.45, 7) is 5.09. The van der Waals surface area contributed by atoms with E-state index in [2.05, 4.69) is 10.6 Å². The molecule has 1 aliphatic rings. The van der Waals surface area contributed by atoms with E-state index in [1.54, 1.807) is 38.1 Å². The molecule has 0 bridgehead atoms. The van der Waals surface area contributed by atoms with Gasteiger partial charge in [-0.15, -0.1) is 0 Å². The van der Waals surface area contributed by atoms with Crippen LogP contribution in [0.1, 0.15) is 32.3 Å². The zero-order valence-electron chi connectivity index (χ0n) is 12.5. The number of carboxylic acids is 1. The van der Waals surface area contributed by atoms with E-state index in [-0.39, 0.29) is 11.8 Å². The number of hydrogen-bond acceptors (Lipinski definition) is 3. The summed E-state index contributed by atoms with van der Waals surface area (Å²) >= 11 is 0. The van der Waals surface area contributed by atoms with Crippen molar-refractivity contribution < 1.29 is 14.7 Å². The fourth-order valence-electron chi connectivity index (χ4n) is 2.42. The van der Waals surface area contributed by atoms with Crippen LogP contribution in [0.5, 0.6) is 0 Å². The summed E-state index contributed by atoms with van der Waals surface area (Å²) in [4.78, 5) is 23.3. The van der Waals surface area contributed by atoms with E-state index >= 15 is 0 Å². The lowest BCUT2D eigenvalue weighted by Gasteiger charge is -2.22. The minimum atomic E-state index is -0.933. The van der Waals surface area contributed by atoms with Gasteiger partial charge in [-0.25, -0.2) is 0 Å². The van der Waals surface area contributed by atoms with Gasteiger partial charge in [-0.3, -0.25) is 9.59 Å². The molecule has 0 radical (unpaired) electrons. The summed E-state index contributed by atoms with van der Waals surface area (Å²) in [7, 11) is 0. The van der Waals surface area contributed by atoms with Crippen molar-refractivity contribution >= 4 is 17.6 Å². The van der Waals surface area contributed by atoms with E-state index in [4.69, 9.17) is 0 Å². The van der Waals surface area contributed by atoms with Crippen LogP contribution in [0.25, 0.3) is 0 Å². The molecule has 2 rings (SSSR count). The Hall–Kier alpha value is -1.88. The summed E-state index contributed by atoms with van der Waals surface area (Å²) < 4.78 is 0. The van der Waals surface area contributed by atoms with Crippen molar-refractivity contribution in [2.45, 2.75) is 32.1 Å². The van der Waals surface area contributed by atoms with Gasteiger partial charge in [-0.05, 0) is 57.5 Å². The second kappa shape index (κ2) is 6.26. The topological polar surface area (TPSA) is 78.4 Å². The zero-order valence-corrected chi connectivity index (χ0v) is 12.5. The van der Waals surface area contributed by atoms with Crippen molar-refractivity contribution in [3.63, 3.8) is 0 Å². The number of carbonyl (C=O) groups is 2. The van der Waals surface area contributed by atoms with Gasteiger partial charge in [-0.1, -0.05) is 12.1 Å². The number of carboxylic acid groups (broad SMARTS) is 1. The van der Waals surface area contributed by atoms with E-state index in [0.717, 1.165) is 31.5 Å². The van der Waals surface area contributed by atoms with Gasteiger partial charge in [0.1, 0.15) is 0 Å². The quantitative estimate of drug-likeness (QED) is 0.792. The first-order valence-corrected chi connectivity index (χ1v) is 7.27. The fraction of sp³-hybridized carbons (Fsp3) is 0.500. The van der Waals surface area contributed by atoms with E-state index in [9.17, 15) is 14.7 Å². The Morgan fingerprint density at radius 3 is 2.29 bits per heavy atom. The van der Waals surface area contributed by atoms with Crippen LogP contribution in [0.4, 0.5) is 5.69 Å². The Labute approximate surface area is 124 Å². The number of nitrogens with one attached hydrogen (secondary N) is 2. The molecule has 114 valence electrons. The zero-order chi connectivity index (χ0) is 15.5. The fourth-order valence-corrected chi connectivity index (χ4v) is 2.42. The summed E-state index contributed by atoms with van der Waals surface area (Å²) in [6.07, 6.45) is 1.71. The minimum Gasteiger partial charge on any atom is -0.481 e. The monoisotopic (exact) mass is 290 g/mol. The smallest absolute Gasteiger partial charge is 0.313 e. The molecular formula is C16H22N2O3. The molecule has 1 heterocycles. The van der Waals surface area contributed by atoms with Crippen LogP contribution in [0, 0.1) is 5.92 Å². The number of aliphatic carboxylic acids is 1. The van der Waals surface area contributed by atoms with Gasteiger partial charge in [0.25, 0.3) is 0 Å². The first-order chi connectivity index (χ1) is 9.91. The molecule has 1 aromatic carbocycles. The molecule has 0 unspecified atom stereocenters. The van der Waals surface area contributed by atoms with Gasteiger partial charge < -0.3 is 15.7 Å². The molecule has 21 heavy (non-hydrogen) atoms. The van der Waals surface area contributed by atoms with Crippen molar-refractivity contribution in [1.82, 2.24) is 5.32 Å². The first-order valence-electron chi connectivity index (χ1n) is 7.27. The van der Waals surface area contributed by atoms with Crippen molar-refractivity contribution in [3.05, 3.63) is 29.8 Å². The third-order valence-corrected chi connectivity index (χ3v) is 4.12. The van der Waals surface area contributed by atoms with Crippen molar-refractivity contribution in [2.75, 3.05) is 18.4 Å². The number of hydrogen-bond donors (Lipinski definition) is 3. The molecule has 1 amide bonds. The highest BCUT2D eigenvalue weighted by molar-refractivity contribution is 5.92. The van der Waals surface area contributed by atoms with Crippen LogP contribution in [0.3, 0.4) is 0 Å². The second-order valence-corrected chi connectivity index (χ2v) is 6.02. The summed E-state index contributed by atoms with van der Waals surface area (Å²) in [6, 6.07) is 7.04. The molecule has 5 heteroatoms. The minimum absolute atomic E-state index is 0.0433. The average Bonchev–Trinajstić information content (AvgIpc) is 2.48. The maximum atomic E-state index is 12.1. The summed E-state index contributed by atoms with van der Waals surface area (Å²) in [5.41, 5.74) is 0.496. The maximum absolute atomic E-state index is 12.1. The molecule has 0 atom stereocenters. The lowest BCUT2D eigenvalue weighted by molar-refractivity contribution is -0.142. The SMILES string of the molecule is CC(C)(C(=O)O)c1ccc(NC(=O)C2CCNCC2)cc1. The molecule has 0 aromatic heterocycles. The molecule has 0 saturated carbocycles. The predicted octanol–water partition coefficient (Wildman–Crippen LogP) is 1.99. The lowest BCUT2D eigenvalue weighted by Crippen LogP contribution is -2.34. The number of rotatable bonds is 4. The van der Waals surface area contributed by atoms with Crippen molar-refractivity contribution in [1.29, 1.82) is 0 Å². The van der Waals surface area contributed by atoms with Gasteiger partial charge in [0, 0.05) is 11.6 Å². The van der Waals surface area contributed by atoms with E-state index in [0.29, 0.717) is 5.69 Å². The largest absolute Gasteiger partial charge is 0.481 e. The number of piperidine rings is 1. The summed E-state index contributed by atoms with van der Waals surface area (Å²) in [5, 5.41) is 15.3. The summed E-state index contributed by atoms with van der Waals surface area (Å²) in [5.74, 6) is -0.767. The molecule has 3 N–H and O–H groups in total. The van der Waals surface area contributed by atoms with Crippen LogP contribution in [-0.4, -0.2) is 30.1 Å². The molecule has 1 fully saturated rings. The standard InChI is InChI=1S/C16H22N2O3/c1-16(2,15(20)21)12-3-5-13(6-4-12)18-14(19)11-7-9-17-10-8-11/h3-6,11,17H,7-10H2,1-2H3,(H,18,19)(H,20,21). The van der Waals surface area contributed by atoms with E-state index in [1.807, 2.05) is 0 Å². The Balaban J connectivity index is 2.02. The Morgan fingerprint density at radius 1 is 1.19 bits per heavy atom. The Kier molecular flexibility index (Phi) is 4.63. The van der Waals surface area contributed by atoms with Crippen LogP contribution < -0.4 is 10.6 Å². The average molecular weight is 290 g/mol. The number of carbonyl (C=O) groups excluding carboxylic acids is 1. The van der Waals surface area contributed by atoms with Crippen molar-refractivity contribution in [2.24, 2.45) is 5.92 Å². The highest BCUT2D eigenvalue weighted by Crippen LogP contribution is 2.25. The Morgan fingerprint density at radius 2 is 1.76 bits per heavy atom. The third kappa shape index (κ3) is 3.61. The molecule has 1 aliphatic heterocycles. The second-order valence-electron chi connectivity index (χ2n) is 6.02. The number of anilines is 1. The van der Waals surface area contributed by atoms with Gasteiger partial charge in [0.2, 0.25) is 5.91 Å². The van der Waals surface area contributed by atoms with Gasteiger partial charge in [-0.2, -0.15) is 0 Å². The molecular weight excluding hydrogens is 268 g/mol. The molecule has 1 saturated heterocycles. The predicted molar refractivity (Wildman–Crippen MR) is 81.3 cm³/mol. The number of amides is 1. The maximum Gasteiger partial charge on any atom is 0.313 e. The molecule has 5 nitrogen and oxygen atoms in total. The van der Waals surface area contributed by atoms with Crippen molar-refractivity contribution in [3.8, 4) is 0 Å².